The Morgan fingerprint density at radius 3 is 0.926 bits per heavy atom. The summed E-state index contributed by atoms with van der Waals surface area (Å²) in [6.45, 7) is 5.25. The van der Waals surface area contributed by atoms with Gasteiger partial charge in [0.15, 0.2) is 0 Å². The lowest BCUT2D eigenvalue weighted by atomic mass is 9.98. The zero-order valence-corrected chi connectivity index (χ0v) is 30.4. The van der Waals surface area contributed by atoms with Gasteiger partial charge in [-0.05, 0) is 122 Å². The molecule has 0 saturated heterocycles. The summed E-state index contributed by atoms with van der Waals surface area (Å²) in [5.41, 5.74) is 13.0. The third-order valence-corrected chi connectivity index (χ3v) is 9.87. The molecule has 0 amide bonds. The quantitative estimate of drug-likeness (QED) is 0.150. The molecule has 0 aromatic heterocycles. The first-order valence-corrected chi connectivity index (χ1v) is 18.5. The number of hydrogen-bond acceptors (Lipinski definition) is 1. The van der Waals surface area contributed by atoms with Crippen LogP contribution in [0.3, 0.4) is 0 Å². The van der Waals surface area contributed by atoms with Crippen molar-refractivity contribution in [3.8, 4) is 44.5 Å². The predicted molar refractivity (Wildman–Crippen MR) is 234 cm³/mol. The third-order valence-electron chi connectivity index (χ3n) is 9.87. The van der Waals surface area contributed by atoms with E-state index in [0.717, 1.165) is 17.1 Å². The average molecular weight is 692 g/mol. The van der Waals surface area contributed by atoms with Crippen molar-refractivity contribution in [2.75, 3.05) is 4.90 Å². The third kappa shape index (κ3) is 7.35. The molecule has 1 heteroatoms. The summed E-state index contributed by atoms with van der Waals surface area (Å²) in [6, 6.07) is 76.6. The SMILES string of the molecule is C=CC.c1ccc(-c2ccc(N(c3ccc(-c4ccc(-c5ccc6ccccc6c5)cc4)cc3)c3ccc(-c4ccc5ccccc5c4)cc3)cc2)cc1. The lowest BCUT2D eigenvalue weighted by molar-refractivity contribution is 1.28. The summed E-state index contributed by atoms with van der Waals surface area (Å²) in [5, 5.41) is 5.03. The van der Waals surface area contributed by atoms with Gasteiger partial charge in [-0.25, -0.2) is 0 Å². The van der Waals surface area contributed by atoms with Gasteiger partial charge in [0, 0.05) is 17.1 Å². The number of anilines is 3. The summed E-state index contributed by atoms with van der Waals surface area (Å²) >= 11 is 0. The van der Waals surface area contributed by atoms with Gasteiger partial charge in [0.1, 0.15) is 0 Å². The van der Waals surface area contributed by atoms with Crippen LogP contribution in [0.2, 0.25) is 0 Å². The molecule has 258 valence electrons. The van der Waals surface area contributed by atoms with Crippen molar-refractivity contribution in [1.82, 2.24) is 0 Å². The molecule has 0 aliphatic rings. The minimum atomic E-state index is 1.11. The second kappa shape index (κ2) is 15.7. The molecular formula is C53H41N. The molecule has 9 aromatic carbocycles. The molecule has 0 radical (unpaired) electrons. The first-order valence-electron chi connectivity index (χ1n) is 18.5. The summed E-state index contributed by atoms with van der Waals surface area (Å²) in [6.07, 6.45) is 1.75. The molecule has 0 heterocycles. The summed E-state index contributed by atoms with van der Waals surface area (Å²) in [7, 11) is 0. The predicted octanol–water partition coefficient (Wildman–Crippen LogP) is 15.3. The Morgan fingerprint density at radius 2 is 0.556 bits per heavy atom. The Kier molecular flexibility index (Phi) is 9.95. The topological polar surface area (TPSA) is 3.24 Å². The van der Waals surface area contributed by atoms with E-state index < -0.39 is 0 Å². The lowest BCUT2D eigenvalue weighted by Gasteiger charge is -2.26. The van der Waals surface area contributed by atoms with Gasteiger partial charge in [-0.15, -0.1) is 6.58 Å². The number of rotatable bonds is 7. The zero-order chi connectivity index (χ0) is 36.7. The summed E-state index contributed by atoms with van der Waals surface area (Å²) in [4.78, 5) is 2.34. The fourth-order valence-corrected chi connectivity index (χ4v) is 7.08. The van der Waals surface area contributed by atoms with Crippen molar-refractivity contribution in [3.63, 3.8) is 0 Å². The highest BCUT2D eigenvalue weighted by molar-refractivity contribution is 5.89. The highest BCUT2D eigenvalue weighted by atomic mass is 15.1. The highest BCUT2D eigenvalue weighted by Crippen LogP contribution is 2.38. The summed E-state index contributed by atoms with van der Waals surface area (Å²) in [5.74, 6) is 0. The standard InChI is InChI=1S/C50H35N.C3H6/c1-2-8-36(9-3-1)40-22-28-48(29-23-40)51(50-32-26-43(27-33-50)47-21-19-38-11-5-7-13-45(38)35-47)49-30-24-41(25-31-49)39-14-16-42(17-15-39)46-20-18-37-10-4-6-12-44(37)34-46;1-3-2/h1-35H;3H,1H2,2H3. The second-order valence-corrected chi connectivity index (χ2v) is 13.5. The van der Waals surface area contributed by atoms with Crippen LogP contribution in [0.25, 0.3) is 66.1 Å². The number of fused-ring (bicyclic) bond motifs is 2. The minimum absolute atomic E-state index is 1.11. The fourth-order valence-electron chi connectivity index (χ4n) is 7.08. The number of nitrogens with zero attached hydrogens (tertiary/aromatic N) is 1. The van der Waals surface area contributed by atoms with Gasteiger partial charge in [0.05, 0.1) is 0 Å². The molecule has 0 fully saturated rings. The molecule has 54 heavy (non-hydrogen) atoms. The maximum atomic E-state index is 3.36. The van der Waals surface area contributed by atoms with E-state index in [-0.39, 0.29) is 0 Å². The van der Waals surface area contributed by atoms with Crippen molar-refractivity contribution in [1.29, 1.82) is 0 Å². The molecule has 1 nitrogen and oxygen atoms in total. The molecule has 9 rings (SSSR count). The smallest absolute Gasteiger partial charge is 0.0462 e. The van der Waals surface area contributed by atoms with E-state index in [9.17, 15) is 0 Å². The van der Waals surface area contributed by atoms with Gasteiger partial charge in [-0.3, -0.25) is 0 Å². The van der Waals surface area contributed by atoms with Gasteiger partial charge >= 0.3 is 0 Å². The maximum Gasteiger partial charge on any atom is 0.0462 e. The Balaban J connectivity index is 0.00000134. The molecular weight excluding hydrogens is 651 g/mol. The highest BCUT2D eigenvalue weighted by Gasteiger charge is 2.14. The van der Waals surface area contributed by atoms with Crippen LogP contribution in [0.15, 0.2) is 225 Å². The van der Waals surface area contributed by atoms with E-state index in [4.69, 9.17) is 0 Å². The van der Waals surface area contributed by atoms with Crippen molar-refractivity contribution in [3.05, 3.63) is 225 Å². The molecule has 0 N–H and O–H groups in total. The van der Waals surface area contributed by atoms with E-state index in [1.54, 1.807) is 6.08 Å². The molecule has 0 aliphatic carbocycles. The van der Waals surface area contributed by atoms with Gasteiger partial charge < -0.3 is 4.90 Å². The zero-order valence-electron chi connectivity index (χ0n) is 30.4. The van der Waals surface area contributed by atoms with Crippen LogP contribution in [0.4, 0.5) is 17.1 Å². The van der Waals surface area contributed by atoms with Crippen LogP contribution in [-0.4, -0.2) is 0 Å². The lowest BCUT2D eigenvalue weighted by Crippen LogP contribution is -2.09. The van der Waals surface area contributed by atoms with Crippen LogP contribution >= 0.6 is 0 Å². The number of benzene rings is 9. The minimum Gasteiger partial charge on any atom is -0.311 e. The van der Waals surface area contributed by atoms with Gasteiger partial charge in [-0.1, -0.05) is 170 Å². The van der Waals surface area contributed by atoms with Crippen molar-refractivity contribution in [2.24, 2.45) is 0 Å². The molecule has 0 unspecified atom stereocenters. The van der Waals surface area contributed by atoms with E-state index in [1.807, 2.05) is 6.92 Å². The van der Waals surface area contributed by atoms with Crippen LogP contribution in [0.5, 0.6) is 0 Å². The van der Waals surface area contributed by atoms with Crippen LogP contribution in [0.1, 0.15) is 6.92 Å². The molecule has 0 bridgehead atoms. The van der Waals surface area contributed by atoms with Crippen molar-refractivity contribution in [2.45, 2.75) is 6.92 Å². The number of hydrogen-bond donors (Lipinski definition) is 0. The number of allylic oxidation sites excluding steroid dienone is 1. The monoisotopic (exact) mass is 691 g/mol. The van der Waals surface area contributed by atoms with Crippen LogP contribution in [0, 0.1) is 0 Å². The molecule has 0 spiro atoms. The summed E-state index contributed by atoms with van der Waals surface area (Å²) < 4.78 is 0. The largest absolute Gasteiger partial charge is 0.311 e. The molecule has 0 saturated carbocycles. The Hall–Kier alpha value is -6.96. The van der Waals surface area contributed by atoms with Crippen LogP contribution in [-0.2, 0) is 0 Å². The maximum absolute atomic E-state index is 3.36. The van der Waals surface area contributed by atoms with E-state index in [1.165, 1.54) is 66.1 Å². The Bertz CT molecular complexity index is 2640. The van der Waals surface area contributed by atoms with E-state index in [0.29, 0.717) is 0 Å². The van der Waals surface area contributed by atoms with Crippen molar-refractivity contribution < 1.29 is 0 Å². The van der Waals surface area contributed by atoms with E-state index >= 15 is 0 Å². The van der Waals surface area contributed by atoms with Gasteiger partial charge in [-0.2, -0.15) is 0 Å². The van der Waals surface area contributed by atoms with E-state index in [2.05, 4.69) is 224 Å². The van der Waals surface area contributed by atoms with Gasteiger partial charge in [0.2, 0.25) is 0 Å². The second-order valence-electron chi connectivity index (χ2n) is 13.5. The first kappa shape index (κ1) is 34.1. The fraction of sp³-hybridized carbons (Fsp3) is 0.0189. The Labute approximate surface area is 318 Å². The molecule has 9 aromatic rings. The molecule has 0 aliphatic heterocycles. The first-order chi connectivity index (χ1) is 26.7. The van der Waals surface area contributed by atoms with Crippen molar-refractivity contribution >= 4 is 38.6 Å². The average Bonchev–Trinajstić information content (AvgIpc) is 3.25. The van der Waals surface area contributed by atoms with Gasteiger partial charge in [0.25, 0.3) is 0 Å². The normalized spacial score (nSPS) is 10.8. The molecule has 0 atom stereocenters. The Morgan fingerprint density at radius 1 is 0.296 bits per heavy atom. The van der Waals surface area contributed by atoms with Crippen LogP contribution < -0.4 is 4.90 Å².